The molecule has 7 nitrogen and oxygen atoms in total. The Kier molecular flexibility index (Phi) is 5.41. The van der Waals surface area contributed by atoms with E-state index in [1.807, 2.05) is 4.72 Å². The quantitative estimate of drug-likeness (QED) is 0.676. The zero-order valence-corrected chi connectivity index (χ0v) is 16.2. The molecule has 140 valence electrons. The van der Waals surface area contributed by atoms with Gasteiger partial charge in [-0.15, -0.1) is 0 Å². The molecule has 0 aliphatic carbocycles. The summed E-state index contributed by atoms with van der Waals surface area (Å²) in [7, 11) is -2.77. The normalized spacial score (nSPS) is 11.2. The molecule has 0 radical (unpaired) electrons. The van der Waals surface area contributed by atoms with Crippen LogP contribution < -0.4 is 9.46 Å². The Hall–Kier alpha value is -2.55. The highest BCUT2D eigenvalue weighted by molar-refractivity contribution is 7.90. The van der Waals surface area contributed by atoms with Crippen molar-refractivity contribution in [3.8, 4) is 11.6 Å². The second-order valence-corrected chi connectivity index (χ2v) is 7.77. The molecule has 1 amide bonds. The second kappa shape index (κ2) is 7.59. The van der Waals surface area contributed by atoms with Gasteiger partial charge < -0.3 is 4.74 Å². The van der Waals surface area contributed by atoms with Gasteiger partial charge >= 0.3 is 0 Å². The molecule has 3 aromatic rings. The third-order valence-corrected chi connectivity index (χ3v) is 5.70. The third-order valence-electron chi connectivity index (χ3n) is 3.55. The van der Waals surface area contributed by atoms with Gasteiger partial charge in [0.1, 0.15) is 4.90 Å². The zero-order chi connectivity index (χ0) is 19.6. The minimum Gasteiger partial charge on any atom is -0.481 e. The summed E-state index contributed by atoms with van der Waals surface area (Å²) < 4.78 is 33.3. The van der Waals surface area contributed by atoms with E-state index in [9.17, 15) is 13.2 Å². The fourth-order valence-electron chi connectivity index (χ4n) is 2.31. The van der Waals surface area contributed by atoms with Gasteiger partial charge in [0.25, 0.3) is 15.9 Å². The molecule has 0 spiro atoms. The number of hydrogen-bond acceptors (Lipinski definition) is 5. The van der Waals surface area contributed by atoms with Gasteiger partial charge in [-0.1, -0.05) is 47.5 Å². The van der Waals surface area contributed by atoms with Crippen molar-refractivity contribution in [3.05, 3.63) is 70.3 Å². The van der Waals surface area contributed by atoms with Crippen molar-refractivity contribution in [1.29, 1.82) is 0 Å². The van der Waals surface area contributed by atoms with Crippen LogP contribution in [0.15, 0.2) is 59.5 Å². The van der Waals surface area contributed by atoms with Crippen molar-refractivity contribution in [2.75, 3.05) is 7.11 Å². The fraction of sp³-hybridized carbons (Fsp3) is 0.0588. The topological polar surface area (TPSA) is 90.3 Å². The first-order valence-corrected chi connectivity index (χ1v) is 9.78. The molecule has 0 bridgehead atoms. The molecule has 1 aromatic heterocycles. The van der Waals surface area contributed by atoms with Crippen molar-refractivity contribution >= 4 is 39.1 Å². The number of carbonyl (C=O) groups excluding carboxylic acids is 1. The van der Waals surface area contributed by atoms with Gasteiger partial charge in [-0.3, -0.25) is 4.79 Å². The molecule has 0 saturated heterocycles. The lowest BCUT2D eigenvalue weighted by molar-refractivity contribution is 0.0976. The van der Waals surface area contributed by atoms with Crippen LogP contribution in [-0.2, 0) is 10.0 Å². The first kappa shape index (κ1) is 19.2. The van der Waals surface area contributed by atoms with Crippen LogP contribution in [0, 0.1) is 0 Å². The Balaban J connectivity index is 1.95. The molecule has 27 heavy (non-hydrogen) atoms. The molecule has 0 aliphatic rings. The molecule has 0 atom stereocenters. The Morgan fingerprint density at radius 2 is 1.70 bits per heavy atom. The standard InChI is InChI=1S/C17H13Cl2N3O4S/c1-26-16-10-13(20-22(16)14-8-4-2-6-11(14)18)17(23)21-27(24,25)15-9-5-3-7-12(15)19/h2-10H,1H3,(H,21,23). The van der Waals surface area contributed by atoms with Crippen LogP contribution >= 0.6 is 23.2 Å². The summed E-state index contributed by atoms with van der Waals surface area (Å²) in [5.74, 6) is -0.720. The average Bonchev–Trinajstić information content (AvgIpc) is 3.06. The Morgan fingerprint density at radius 1 is 1.07 bits per heavy atom. The van der Waals surface area contributed by atoms with Crippen LogP contribution in [0.3, 0.4) is 0 Å². The van der Waals surface area contributed by atoms with Crippen LogP contribution in [0.1, 0.15) is 10.5 Å². The van der Waals surface area contributed by atoms with E-state index in [2.05, 4.69) is 5.10 Å². The summed E-state index contributed by atoms with van der Waals surface area (Å²) in [5, 5.41) is 4.49. The number of para-hydroxylation sites is 1. The lowest BCUT2D eigenvalue weighted by Gasteiger charge is -2.07. The molecule has 1 N–H and O–H groups in total. The van der Waals surface area contributed by atoms with Gasteiger partial charge in [0, 0.05) is 6.07 Å². The number of rotatable bonds is 5. The molecule has 0 fully saturated rings. The van der Waals surface area contributed by atoms with E-state index < -0.39 is 15.9 Å². The van der Waals surface area contributed by atoms with Crippen molar-refractivity contribution < 1.29 is 17.9 Å². The first-order valence-electron chi connectivity index (χ1n) is 7.54. The molecule has 3 rings (SSSR count). The van der Waals surface area contributed by atoms with E-state index in [0.717, 1.165) is 0 Å². The van der Waals surface area contributed by atoms with E-state index in [1.54, 1.807) is 30.3 Å². The molecular formula is C17H13Cl2N3O4S. The minimum absolute atomic E-state index is 0.00280. The lowest BCUT2D eigenvalue weighted by Crippen LogP contribution is -2.31. The van der Waals surface area contributed by atoms with Gasteiger partial charge in [-0.2, -0.15) is 9.78 Å². The van der Waals surface area contributed by atoms with Crippen LogP contribution in [0.5, 0.6) is 5.88 Å². The number of nitrogens with one attached hydrogen (secondary N) is 1. The van der Waals surface area contributed by atoms with E-state index in [0.29, 0.717) is 10.7 Å². The Labute approximate surface area is 165 Å². The smallest absolute Gasteiger partial charge is 0.285 e. The number of sulfonamides is 1. The molecule has 0 saturated carbocycles. The maximum Gasteiger partial charge on any atom is 0.285 e. The van der Waals surface area contributed by atoms with Gasteiger partial charge in [0.15, 0.2) is 5.69 Å². The van der Waals surface area contributed by atoms with Crippen molar-refractivity contribution in [2.24, 2.45) is 0 Å². The van der Waals surface area contributed by atoms with E-state index >= 15 is 0 Å². The van der Waals surface area contributed by atoms with Gasteiger partial charge in [0.05, 0.1) is 22.8 Å². The van der Waals surface area contributed by atoms with Gasteiger partial charge in [-0.25, -0.2) is 13.1 Å². The van der Waals surface area contributed by atoms with Crippen molar-refractivity contribution in [2.45, 2.75) is 4.90 Å². The van der Waals surface area contributed by atoms with Crippen molar-refractivity contribution in [1.82, 2.24) is 14.5 Å². The number of carbonyl (C=O) groups is 1. The highest BCUT2D eigenvalue weighted by atomic mass is 35.5. The Morgan fingerprint density at radius 3 is 2.33 bits per heavy atom. The van der Waals surface area contributed by atoms with Crippen LogP contribution in [0.2, 0.25) is 10.0 Å². The summed E-state index contributed by atoms with van der Waals surface area (Å²) in [5.41, 5.74) is 0.312. The Bertz CT molecular complexity index is 1110. The number of ether oxygens (including phenoxy) is 1. The maximum absolute atomic E-state index is 12.4. The largest absolute Gasteiger partial charge is 0.481 e. The monoisotopic (exact) mass is 425 g/mol. The molecule has 10 heteroatoms. The number of methoxy groups -OCH3 is 1. The number of benzene rings is 2. The van der Waals surface area contributed by atoms with Gasteiger partial charge in [0.2, 0.25) is 5.88 Å². The number of hydrogen-bond donors (Lipinski definition) is 1. The summed E-state index contributed by atoms with van der Waals surface area (Å²) >= 11 is 12.1. The summed E-state index contributed by atoms with van der Waals surface area (Å²) in [6, 6.07) is 13.9. The third kappa shape index (κ3) is 3.92. The SMILES string of the molecule is COc1cc(C(=O)NS(=O)(=O)c2ccccc2Cl)nn1-c1ccccc1Cl. The first-order chi connectivity index (χ1) is 12.8. The molecular weight excluding hydrogens is 413 g/mol. The maximum atomic E-state index is 12.4. The van der Waals surface area contributed by atoms with Gasteiger partial charge in [-0.05, 0) is 24.3 Å². The predicted molar refractivity (Wildman–Crippen MR) is 101 cm³/mol. The lowest BCUT2D eigenvalue weighted by atomic mass is 10.3. The summed E-state index contributed by atoms with van der Waals surface area (Å²) in [6.45, 7) is 0. The number of nitrogens with zero attached hydrogens (tertiary/aromatic N) is 2. The highest BCUT2D eigenvalue weighted by Gasteiger charge is 2.24. The molecule has 2 aromatic carbocycles. The van der Waals surface area contributed by atoms with Crippen LogP contribution in [-0.4, -0.2) is 31.2 Å². The molecule has 0 unspecified atom stereocenters. The predicted octanol–water partition coefficient (Wildman–Crippen LogP) is 3.31. The molecule has 0 aliphatic heterocycles. The fourth-order valence-corrected chi connectivity index (χ4v) is 4.01. The second-order valence-electron chi connectivity index (χ2n) is 5.30. The van der Waals surface area contributed by atoms with Crippen LogP contribution in [0.25, 0.3) is 5.69 Å². The number of halogens is 2. The number of amides is 1. The number of aromatic nitrogens is 2. The van der Waals surface area contributed by atoms with E-state index in [1.165, 1.54) is 36.1 Å². The van der Waals surface area contributed by atoms with Crippen molar-refractivity contribution in [3.63, 3.8) is 0 Å². The van der Waals surface area contributed by atoms with E-state index in [4.69, 9.17) is 27.9 Å². The zero-order valence-electron chi connectivity index (χ0n) is 13.9. The summed E-state index contributed by atoms with van der Waals surface area (Å²) in [4.78, 5) is 12.2. The minimum atomic E-state index is -4.17. The van der Waals surface area contributed by atoms with E-state index in [-0.39, 0.29) is 21.5 Å². The summed E-state index contributed by atoms with van der Waals surface area (Å²) in [6.07, 6.45) is 0. The average molecular weight is 426 g/mol. The highest BCUT2D eigenvalue weighted by Crippen LogP contribution is 2.26. The molecule has 1 heterocycles. The van der Waals surface area contributed by atoms with Crippen LogP contribution in [0.4, 0.5) is 0 Å².